The van der Waals surface area contributed by atoms with Crippen LogP contribution in [-0.2, 0) is 13.1 Å². The van der Waals surface area contributed by atoms with Gasteiger partial charge in [-0.1, -0.05) is 149 Å². The zero-order valence-corrected chi connectivity index (χ0v) is 23.5. The van der Waals surface area contributed by atoms with Crippen LogP contribution >= 0.6 is 0 Å². The molecule has 0 radical (unpaired) electrons. The van der Waals surface area contributed by atoms with Crippen molar-refractivity contribution in [3.8, 4) is 22.5 Å². The molecule has 0 fully saturated rings. The Morgan fingerprint density at radius 3 is 1.24 bits per heavy atom. The molecule has 6 heteroatoms. The lowest BCUT2D eigenvalue weighted by Crippen LogP contribution is -1.98. The summed E-state index contributed by atoms with van der Waals surface area (Å²) in [5.74, 6) is 0. The first-order chi connectivity index (χ1) is 18.8. The molecule has 0 saturated heterocycles. The highest BCUT2D eigenvalue weighted by Crippen LogP contribution is 2.16. The van der Waals surface area contributed by atoms with Gasteiger partial charge in [0.2, 0.25) is 0 Å². The van der Waals surface area contributed by atoms with Gasteiger partial charge in [-0.25, -0.2) is 0 Å². The second-order valence-electron chi connectivity index (χ2n) is 10.0. The molecule has 0 unspecified atom stereocenters. The molecule has 0 amide bonds. The summed E-state index contributed by atoms with van der Waals surface area (Å²) in [5, 5.41) is 16.8. The predicted octanol–water partition coefficient (Wildman–Crippen LogP) is 8.61. The lowest BCUT2D eigenvalue weighted by molar-refractivity contribution is 0.516. The van der Waals surface area contributed by atoms with Gasteiger partial charge >= 0.3 is 0 Å². The Balaban J connectivity index is 0.000000211. The molecule has 0 aliphatic rings. The molecule has 2 aromatic carbocycles. The van der Waals surface area contributed by atoms with E-state index < -0.39 is 0 Å². The standard InChI is InChI=1S/2C16H23N3/c2*1-2-3-4-5-6-10-13-19-14-16(17-18-19)15-11-8-7-9-12-15/h2*7-9,11-12,14H,2-6,10,13H2,1H3. The third-order valence-electron chi connectivity index (χ3n) is 6.70. The van der Waals surface area contributed by atoms with Gasteiger partial charge in [0.15, 0.2) is 0 Å². The van der Waals surface area contributed by atoms with E-state index in [1.54, 1.807) is 0 Å². The Hall–Kier alpha value is -3.28. The van der Waals surface area contributed by atoms with Gasteiger partial charge in [0.25, 0.3) is 0 Å². The van der Waals surface area contributed by atoms with Gasteiger partial charge in [-0.05, 0) is 12.8 Å². The highest BCUT2D eigenvalue weighted by atomic mass is 15.4. The molecule has 0 aliphatic carbocycles. The topological polar surface area (TPSA) is 61.4 Å². The lowest BCUT2D eigenvalue weighted by atomic mass is 10.1. The van der Waals surface area contributed by atoms with Crippen LogP contribution in [0.25, 0.3) is 22.5 Å². The van der Waals surface area contributed by atoms with Crippen LogP contribution in [0, 0.1) is 0 Å². The highest BCUT2D eigenvalue weighted by Gasteiger charge is 2.03. The predicted molar refractivity (Wildman–Crippen MR) is 158 cm³/mol. The van der Waals surface area contributed by atoms with Crippen LogP contribution in [0.1, 0.15) is 90.9 Å². The average molecular weight is 515 g/mol. The van der Waals surface area contributed by atoms with Crippen LogP contribution in [0.4, 0.5) is 0 Å². The summed E-state index contributed by atoms with van der Waals surface area (Å²) in [6.45, 7) is 6.46. The van der Waals surface area contributed by atoms with Crippen LogP contribution in [0.3, 0.4) is 0 Å². The summed E-state index contributed by atoms with van der Waals surface area (Å²) in [4.78, 5) is 0. The van der Waals surface area contributed by atoms with Gasteiger partial charge in [0.1, 0.15) is 11.4 Å². The highest BCUT2D eigenvalue weighted by molar-refractivity contribution is 5.57. The van der Waals surface area contributed by atoms with Crippen molar-refractivity contribution in [1.82, 2.24) is 30.0 Å². The molecule has 0 atom stereocenters. The molecular formula is C32H46N6. The summed E-state index contributed by atoms with van der Waals surface area (Å²) in [7, 11) is 0. The summed E-state index contributed by atoms with van der Waals surface area (Å²) in [5.41, 5.74) is 4.20. The van der Waals surface area contributed by atoms with Crippen molar-refractivity contribution in [2.75, 3.05) is 0 Å². The van der Waals surface area contributed by atoms with Crippen molar-refractivity contribution in [2.24, 2.45) is 0 Å². The molecule has 204 valence electrons. The minimum atomic E-state index is 0.964. The first kappa shape index (κ1) is 29.3. The van der Waals surface area contributed by atoms with Crippen molar-refractivity contribution in [3.63, 3.8) is 0 Å². The van der Waals surface area contributed by atoms with Crippen molar-refractivity contribution in [3.05, 3.63) is 73.1 Å². The number of aryl methyl sites for hydroxylation is 2. The number of unbranched alkanes of at least 4 members (excludes halogenated alkanes) is 10. The van der Waals surface area contributed by atoms with Crippen molar-refractivity contribution < 1.29 is 0 Å². The van der Waals surface area contributed by atoms with Gasteiger partial charge in [0.05, 0.1) is 12.4 Å². The number of hydrogen-bond donors (Lipinski definition) is 0. The number of nitrogens with zero attached hydrogens (tertiary/aromatic N) is 6. The monoisotopic (exact) mass is 514 g/mol. The van der Waals surface area contributed by atoms with E-state index >= 15 is 0 Å². The fourth-order valence-electron chi connectivity index (χ4n) is 4.41. The molecule has 0 aliphatic heterocycles. The number of hydrogen-bond acceptors (Lipinski definition) is 4. The second kappa shape index (κ2) is 18.1. The Morgan fingerprint density at radius 2 is 0.842 bits per heavy atom. The Labute approximate surface area is 229 Å². The lowest BCUT2D eigenvalue weighted by Gasteiger charge is -2.00. The van der Waals surface area contributed by atoms with Gasteiger partial charge in [0, 0.05) is 24.2 Å². The SMILES string of the molecule is CCCCCCCCn1cc(-c2ccccc2)nn1.CCCCCCCCn1cc(-c2ccccc2)nn1. The normalized spacial score (nSPS) is 10.8. The van der Waals surface area contributed by atoms with Gasteiger partial charge in [-0.3, -0.25) is 9.36 Å². The molecule has 0 N–H and O–H groups in total. The Kier molecular flexibility index (Phi) is 13.9. The Morgan fingerprint density at radius 1 is 0.474 bits per heavy atom. The third-order valence-corrected chi connectivity index (χ3v) is 6.70. The smallest absolute Gasteiger partial charge is 0.113 e. The van der Waals surface area contributed by atoms with E-state index in [0.717, 1.165) is 35.6 Å². The molecule has 2 aromatic heterocycles. The summed E-state index contributed by atoms with van der Waals surface area (Å²) >= 11 is 0. The van der Waals surface area contributed by atoms with E-state index in [4.69, 9.17) is 0 Å². The number of aromatic nitrogens is 6. The van der Waals surface area contributed by atoms with Gasteiger partial charge in [-0.2, -0.15) is 0 Å². The molecule has 0 saturated carbocycles. The average Bonchev–Trinajstić information content (AvgIpc) is 3.64. The Bertz CT molecular complexity index is 1010. The molecule has 6 nitrogen and oxygen atoms in total. The molecule has 4 rings (SSSR count). The fraction of sp³-hybridized carbons (Fsp3) is 0.500. The van der Waals surface area contributed by atoms with E-state index in [9.17, 15) is 0 Å². The number of benzene rings is 2. The van der Waals surface area contributed by atoms with Crippen LogP contribution < -0.4 is 0 Å². The second-order valence-corrected chi connectivity index (χ2v) is 10.0. The molecule has 4 aromatic rings. The molecule has 38 heavy (non-hydrogen) atoms. The number of rotatable bonds is 16. The van der Waals surface area contributed by atoms with Crippen LogP contribution in [0.5, 0.6) is 0 Å². The van der Waals surface area contributed by atoms with E-state index in [2.05, 4.69) is 58.7 Å². The van der Waals surface area contributed by atoms with E-state index in [1.165, 1.54) is 77.0 Å². The molecule has 0 spiro atoms. The van der Waals surface area contributed by atoms with Crippen molar-refractivity contribution in [1.29, 1.82) is 0 Å². The maximum atomic E-state index is 4.23. The van der Waals surface area contributed by atoms with Crippen LogP contribution in [0.2, 0.25) is 0 Å². The molecular weight excluding hydrogens is 468 g/mol. The molecule has 0 bridgehead atoms. The van der Waals surface area contributed by atoms with Crippen LogP contribution in [0.15, 0.2) is 73.1 Å². The summed E-state index contributed by atoms with van der Waals surface area (Å²) < 4.78 is 3.92. The minimum absolute atomic E-state index is 0.964. The summed E-state index contributed by atoms with van der Waals surface area (Å²) in [6, 6.07) is 20.4. The zero-order valence-electron chi connectivity index (χ0n) is 23.5. The van der Waals surface area contributed by atoms with E-state index in [1.807, 2.05) is 58.2 Å². The maximum Gasteiger partial charge on any atom is 0.113 e. The first-order valence-electron chi connectivity index (χ1n) is 14.7. The zero-order chi connectivity index (χ0) is 26.7. The maximum absolute atomic E-state index is 4.23. The first-order valence-corrected chi connectivity index (χ1v) is 14.7. The van der Waals surface area contributed by atoms with Gasteiger partial charge < -0.3 is 0 Å². The van der Waals surface area contributed by atoms with Crippen molar-refractivity contribution in [2.45, 2.75) is 104 Å². The van der Waals surface area contributed by atoms with E-state index in [-0.39, 0.29) is 0 Å². The van der Waals surface area contributed by atoms with Crippen molar-refractivity contribution >= 4 is 0 Å². The van der Waals surface area contributed by atoms with Gasteiger partial charge in [-0.15, -0.1) is 10.2 Å². The largest absolute Gasteiger partial charge is 0.252 e. The fourth-order valence-corrected chi connectivity index (χ4v) is 4.41. The third kappa shape index (κ3) is 11.0. The quantitative estimate of drug-likeness (QED) is 0.140. The minimum Gasteiger partial charge on any atom is -0.252 e. The summed E-state index contributed by atoms with van der Waals surface area (Å²) in [6.07, 6.45) is 19.8. The molecule has 2 heterocycles. The van der Waals surface area contributed by atoms with E-state index in [0.29, 0.717) is 0 Å². The van der Waals surface area contributed by atoms with Crippen LogP contribution in [-0.4, -0.2) is 30.0 Å².